The smallest absolute Gasteiger partial charge is 0.405 e. The first-order chi connectivity index (χ1) is 7.50. The molecule has 0 atom stereocenters. The van der Waals surface area contributed by atoms with Gasteiger partial charge in [0.15, 0.2) is 0 Å². The van der Waals surface area contributed by atoms with Crippen molar-refractivity contribution in [1.29, 1.82) is 0 Å². The van der Waals surface area contributed by atoms with Gasteiger partial charge in [-0.1, -0.05) is 0 Å². The molecule has 96 valence electrons. The zero-order valence-corrected chi connectivity index (χ0v) is 9.37. The molecule has 1 aromatic rings. The molecule has 0 unspecified atom stereocenters. The molecule has 1 rings (SSSR count). The average molecular weight is 324 g/mol. The first-order valence-electron chi connectivity index (χ1n) is 3.92. The number of anilines is 1. The Morgan fingerprint density at radius 1 is 1.06 bits per heavy atom. The van der Waals surface area contributed by atoms with E-state index in [1.807, 2.05) is 0 Å². The van der Waals surface area contributed by atoms with E-state index >= 15 is 0 Å². The van der Waals surface area contributed by atoms with Crippen LogP contribution in [0, 0.1) is 0 Å². The van der Waals surface area contributed by atoms with Gasteiger partial charge in [-0.3, -0.25) is 0 Å². The summed E-state index contributed by atoms with van der Waals surface area (Å²) in [7, 11) is 0. The van der Waals surface area contributed by atoms with Gasteiger partial charge < -0.3 is 10.5 Å². The van der Waals surface area contributed by atoms with Gasteiger partial charge in [-0.25, -0.2) is 0 Å². The molecule has 0 spiro atoms. The summed E-state index contributed by atoms with van der Waals surface area (Å²) in [5.41, 5.74) is 3.24. The second kappa shape index (κ2) is 4.28. The van der Waals surface area contributed by atoms with Gasteiger partial charge in [-0.05, 0) is 28.1 Å². The monoisotopic (exact) mass is 323 g/mol. The Morgan fingerprint density at radius 3 is 2.00 bits per heavy atom. The largest absolute Gasteiger partial charge is 0.573 e. The third-order valence-corrected chi connectivity index (χ3v) is 2.32. The molecule has 9 heteroatoms. The fourth-order valence-corrected chi connectivity index (χ4v) is 1.32. The highest BCUT2D eigenvalue weighted by Crippen LogP contribution is 2.41. The third kappa shape index (κ3) is 3.69. The van der Waals surface area contributed by atoms with Gasteiger partial charge in [0, 0.05) is 10.2 Å². The summed E-state index contributed by atoms with van der Waals surface area (Å²) < 4.78 is 76.1. The Balaban J connectivity index is 3.32. The van der Waals surface area contributed by atoms with E-state index in [0.717, 1.165) is 0 Å². The lowest BCUT2D eigenvalue weighted by atomic mass is 10.1. The summed E-state index contributed by atoms with van der Waals surface area (Å²) in [6, 6.07) is 0.886. The minimum Gasteiger partial charge on any atom is -0.405 e. The average Bonchev–Trinajstić information content (AvgIpc) is 2.06. The quantitative estimate of drug-likeness (QED) is 0.627. The summed E-state index contributed by atoms with van der Waals surface area (Å²) in [5, 5.41) is 0. The van der Waals surface area contributed by atoms with Crippen LogP contribution in [0.2, 0.25) is 0 Å². The van der Waals surface area contributed by atoms with Crippen molar-refractivity contribution in [2.24, 2.45) is 0 Å². The van der Waals surface area contributed by atoms with E-state index in [-0.39, 0.29) is 10.2 Å². The molecule has 0 aliphatic rings. The van der Waals surface area contributed by atoms with Crippen LogP contribution in [-0.4, -0.2) is 6.36 Å². The van der Waals surface area contributed by atoms with Gasteiger partial charge in [0.25, 0.3) is 0 Å². The summed E-state index contributed by atoms with van der Waals surface area (Å²) in [6.45, 7) is 0. The first-order valence-corrected chi connectivity index (χ1v) is 4.72. The lowest BCUT2D eigenvalue weighted by molar-refractivity contribution is -0.276. The molecule has 0 heterocycles. The van der Waals surface area contributed by atoms with Gasteiger partial charge in [0.05, 0.1) is 5.56 Å². The van der Waals surface area contributed by atoms with Crippen molar-refractivity contribution in [3.8, 4) is 5.75 Å². The second-order valence-corrected chi connectivity index (χ2v) is 3.77. The molecule has 1 aromatic carbocycles. The van der Waals surface area contributed by atoms with Crippen molar-refractivity contribution in [2.45, 2.75) is 12.5 Å². The number of rotatable bonds is 1. The first kappa shape index (κ1) is 13.9. The molecule has 0 radical (unpaired) electrons. The summed E-state index contributed by atoms with van der Waals surface area (Å²) >= 11 is 2.71. The highest BCUT2D eigenvalue weighted by atomic mass is 79.9. The van der Waals surface area contributed by atoms with E-state index in [1.165, 1.54) is 0 Å². The zero-order valence-electron chi connectivity index (χ0n) is 7.79. The Bertz CT molecular complexity index is 427. The minimum absolute atomic E-state index is 0.121. The van der Waals surface area contributed by atoms with E-state index in [9.17, 15) is 26.3 Å². The number of benzene rings is 1. The van der Waals surface area contributed by atoms with Crippen LogP contribution in [0.3, 0.4) is 0 Å². The second-order valence-electron chi connectivity index (χ2n) is 2.92. The topological polar surface area (TPSA) is 35.2 Å². The zero-order chi connectivity index (χ0) is 13.4. The molecule has 0 aliphatic heterocycles. The maximum absolute atomic E-state index is 12.4. The van der Waals surface area contributed by atoms with Crippen molar-refractivity contribution >= 4 is 21.6 Å². The molecule has 0 saturated heterocycles. The maximum Gasteiger partial charge on any atom is 0.573 e. The van der Waals surface area contributed by atoms with Crippen LogP contribution in [0.15, 0.2) is 16.6 Å². The number of halogens is 7. The molecular weight excluding hydrogens is 320 g/mol. The lowest BCUT2D eigenvalue weighted by Crippen LogP contribution is -2.20. The number of ether oxygens (including phenoxy) is 1. The van der Waals surface area contributed by atoms with Crippen LogP contribution in [-0.2, 0) is 6.18 Å². The normalized spacial score (nSPS) is 12.6. The van der Waals surface area contributed by atoms with Gasteiger partial charge in [0.2, 0.25) is 0 Å². The fourth-order valence-electron chi connectivity index (χ4n) is 1.00. The summed E-state index contributed by atoms with van der Waals surface area (Å²) in [6.07, 6.45) is -10.2. The number of nitrogens with two attached hydrogens (primary N) is 1. The van der Waals surface area contributed by atoms with Crippen LogP contribution in [0.25, 0.3) is 0 Å². The highest BCUT2D eigenvalue weighted by Gasteiger charge is 2.39. The molecule has 2 N–H and O–H groups in total. The maximum atomic E-state index is 12.4. The predicted molar refractivity (Wildman–Crippen MR) is 50.2 cm³/mol. The van der Waals surface area contributed by atoms with Crippen molar-refractivity contribution in [3.63, 3.8) is 0 Å². The van der Waals surface area contributed by atoms with Gasteiger partial charge >= 0.3 is 12.5 Å². The minimum atomic E-state index is -5.21. The van der Waals surface area contributed by atoms with Crippen LogP contribution in [0.4, 0.5) is 32.0 Å². The summed E-state index contributed by atoms with van der Waals surface area (Å²) in [4.78, 5) is 0. The highest BCUT2D eigenvalue weighted by molar-refractivity contribution is 9.10. The van der Waals surface area contributed by atoms with E-state index in [2.05, 4.69) is 20.7 Å². The van der Waals surface area contributed by atoms with Gasteiger partial charge in [-0.15, -0.1) is 13.2 Å². The predicted octanol–water partition coefficient (Wildman–Crippen LogP) is 3.95. The number of hydrogen-bond acceptors (Lipinski definition) is 2. The molecule has 0 aliphatic carbocycles. The molecule has 2 nitrogen and oxygen atoms in total. The number of hydrogen-bond donors (Lipinski definition) is 1. The van der Waals surface area contributed by atoms with E-state index in [0.29, 0.717) is 12.1 Å². The van der Waals surface area contributed by atoms with E-state index in [1.54, 1.807) is 0 Å². The number of nitrogen functional groups attached to an aromatic ring is 1. The molecular formula is C8H4BrF6NO. The molecule has 17 heavy (non-hydrogen) atoms. The molecule has 0 aromatic heterocycles. The van der Waals surface area contributed by atoms with Crippen molar-refractivity contribution in [2.75, 3.05) is 5.73 Å². The Kier molecular flexibility index (Phi) is 3.51. The Morgan fingerprint density at radius 2 is 1.59 bits per heavy atom. The van der Waals surface area contributed by atoms with Crippen molar-refractivity contribution in [3.05, 3.63) is 22.2 Å². The molecule has 0 amide bonds. The third-order valence-electron chi connectivity index (χ3n) is 1.63. The Hall–Kier alpha value is -1.12. The Labute approximate surface area is 99.5 Å². The number of alkyl halides is 6. The van der Waals surface area contributed by atoms with Crippen molar-refractivity contribution < 1.29 is 31.1 Å². The van der Waals surface area contributed by atoms with Crippen LogP contribution >= 0.6 is 15.9 Å². The standard InChI is InChI=1S/C8H4BrF6NO/c9-4-2-6(17-8(13,14)15)3(1-5(4)16)7(10,11)12/h1-2H,16H2. The lowest BCUT2D eigenvalue weighted by Gasteiger charge is -2.16. The fraction of sp³-hybridized carbons (Fsp3) is 0.250. The molecule has 0 fully saturated rings. The van der Waals surface area contributed by atoms with E-state index < -0.39 is 23.9 Å². The summed E-state index contributed by atoms with van der Waals surface area (Å²) in [5.74, 6) is -1.36. The van der Waals surface area contributed by atoms with Crippen LogP contribution < -0.4 is 10.5 Å². The van der Waals surface area contributed by atoms with Gasteiger partial charge in [0.1, 0.15) is 5.75 Å². The molecule has 0 saturated carbocycles. The molecule has 0 bridgehead atoms. The van der Waals surface area contributed by atoms with Crippen LogP contribution in [0.1, 0.15) is 5.56 Å². The SMILES string of the molecule is Nc1cc(C(F)(F)F)c(OC(F)(F)F)cc1Br. The van der Waals surface area contributed by atoms with Crippen LogP contribution in [0.5, 0.6) is 5.75 Å². The van der Waals surface area contributed by atoms with Gasteiger partial charge in [-0.2, -0.15) is 13.2 Å². The van der Waals surface area contributed by atoms with E-state index in [4.69, 9.17) is 5.73 Å². The van der Waals surface area contributed by atoms with Crippen molar-refractivity contribution in [1.82, 2.24) is 0 Å².